The SMILES string of the molecule is Fc1c(F)c(P(C2CCCCC2)C2CCCCC2)c(F)c(F)c1-c1c(F)c(F)c(P(C2CCCCC2)C2CCCCC2)c(F)c1F. The first-order valence-electron chi connectivity index (χ1n) is 17.5. The van der Waals surface area contributed by atoms with E-state index >= 15 is 35.1 Å². The quantitative estimate of drug-likeness (QED) is 0.154. The van der Waals surface area contributed by atoms with Crippen molar-refractivity contribution in [3.05, 3.63) is 46.5 Å². The second kappa shape index (κ2) is 15.1. The molecular formula is C36H44F8P2. The Morgan fingerprint density at radius 1 is 0.283 bits per heavy atom. The van der Waals surface area contributed by atoms with Crippen LogP contribution in [0.25, 0.3) is 11.1 Å². The van der Waals surface area contributed by atoms with Gasteiger partial charge in [-0.25, -0.2) is 35.1 Å². The molecule has 0 amide bonds. The van der Waals surface area contributed by atoms with Crippen molar-refractivity contribution in [2.75, 3.05) is 0 Å². The van der Waals surface area contributed by atoms with E-state index < -0.39 is 84.1 Å². The molecule has 0 bridgehead atoms. The molecule has 2 aromatic carbocycles. The minimum absolute atomic E-state index is 0.123. The Balaban J connectivity index is 1.48. The van der Waals surface area contributed by atoms with Crippen molar-refractivity contribution < 1.29 is 35.1 Å². The van der Waals surface area contributed by atoms with Crippen LogP contribution < -0.4 is 10.6 Å². The van der Waals surface area contributed by atoms with Gasteiger partial charge in [0.15, 0.2) is 46.5 Å². The summed E-state index contributed by atoms with van der Waals surface area (Å²) in [5.41, 5.74) is -3.91. The lowest BCUT2D eigenvalue weighted by Crippen LogP contribution is -2.32. The van der Waals surface area contributed by atoms with Gasteiger partial charge >= 0.3 is 0 Å². The Hall–Kier alpha value is -1.26. The molecule has 4 fully saturated rings. The molecular weight excluding hydrogens is 646 g/mol. The van der Waals surface area contributed by atoms with Gasteiger partial charge < -0.3 is 0 Å². The van der Waals surface area contributed by atoms with E-state index in [4.69, 9.17) is 0 Å². The van der Waals surface area contributed by atoms with E-state index in [1.54, 1.807) is 0 Å². The van der Waals surface area contributed by atoms with Gasteiger partial charge in [0.2, 0.25) is 0 Å². The Labute approximate surface area is 270 Å². The maximum Gasteiger partial charge on any atom is 0.170 e. The summed E-state index contributed by atoms with van der Waals surface area (Å²) in [7, 11) is -3.33. The van der Waals surface area contributed by atoms with E-state index in [0.717, 1.165) is 77.0 Å². The van der Waals surface area contributed by atoms with Crippen molar-refractivity contribution in [1.29, 1.82) is 0 Å². The normalized spacial score (nSPS) is 21.5. The van der Waals surface area contributed by atoms with E-state index in [1.807, 2.05) is 0 Å². The van der Waals surface area contributed by atoms with Crippen LogP contribution in [0.15, 0.2) is 0 Å². The van der Waals surface area contributed by atoms with Crippen LogP contribution in [0.1, 0.15) is 128 Å². The molecule has 254 valence electrons. The van der Waals surface area contributed by atoms with Crippen molar-refractivity contribution in [2.24, 2.45) is 0 Å². The molecule has 0 heterocycles. The highest BCUT2D eigenvalue weighted by Gasteiger charge is 2.43. The van der Waals surface area contributed by atoms with Gasteiger partial charge in [-0.05, 0) is 74.0 Å². The predicted octanol–water partition coefficient (Wildman–Crippen LogP) is 12.0. The first-order chi connectivity index (χ1) is 22.2. The molecule has 0 aromatic heterocycles. The zero-order valence-corrected chi connectivity index (χ0v) is 28.2. The molecule has 0 N–H and O–H groups in total. The fraction of sp³-hybridized carbons (Fsp3) is 0.667. The van der Waals surface area contributed by atoms with Crippen LogP contribution in [-0.2, 0) is 0 Å². The second-order valence-corrected chi connectivity index (χ2v) is 19.4. The first-order valence-corrected chi connectivity index (χ1v) is 20.5. The van der Waals surface area contributed by atoms with E-state index in [-0.39, 0.29) is 22.6 Å². The largest absolute Gasteiger partial charge is 0.203 e. The Morgan fingerprint density at radius 3 is 0.674 bits per heavy atom. The van der Waals surface area contributed by atoms with Crippen molar-refractivity contribution in [2.45, 2.75) is 151 Å². The van der Waals surface area contributed by atoms with Gasteiger partial charge in [-0.15, -0.1) is 0 Å². The summed E-state index contributed by atoms with van der Waals surface area (Å²) >= 11 is 0. The fourth-order valence-corrected chi connectivity index (χ4v) is 16.5. The van der Waals surface area contributed by atoms with E-state index in [0.29, 0.717) is 51.4 Å². The van der Waals surface area contributed by atoms with Crippen LogP contribution in [0.3, 0.4) is 0 Å². The lowest BCUT2D eigenvalue weighted by atomic mass is 9.99. The number of halogens is 8. The average Bonchev–Trinajstić information content (AvgIpc) is 3.10. The summed E-state index contributed by atoms with van der Waals surface area (Å²) in [4.78, 5) is 0. The summed E-state index contributed by atoms with van der Waals surface area (Å²) in [6, 6.07) is 0. The Kier molecular flexibility index (Phi) is 11.4. The third-order valence-corrected chi connectivity index (χ3v) is 18.1. The van der Waals surface area contributed by atoms with Crippen LogP contribution in [0.4, 0.5) is 35.1 Å². The monoisotopic (exact) mass is 690 g/mol. The number of hydrogen-bond donors (Lipinski definition) is 0. The lowest BCUT2D eigenvalue weighted by Gasteiger charge is -2.39. The third-order valence-electron chi connectivity index (χ3n) is 11.1. The molecule has 0 atom stereocenters. The second-order valence-electron chi connectivity index (χ2n) is 13.9. The van der Waals surface area contributed by atoms with Crippen molar-refractivity contribution >= 4 is 26.5 Å². The molecule has 4 saturated carbocycles. The van der Waals surface area contributed by atoms with Crippen LogP contribution in [0, 0.1) is 46.5 Å². The Bertz CT molecular complexity index is 1190. The maximum atomic E-state index is 16.1. The summed E-state index contributed by atoms with van der Waals surface area (Å²) in [5.74, 6) is -14.7. The molecule has 4 aliphatic rings. The smallest absolute Gasteiger partial charge is 0.170 e. The van der Waals surface area contributed by atoms with Gasteiger partial charge in [-0.1, -0.05) is 92.9 Å². The molecule has 0 saturated heterocycles. The average molecular weight is 691 g/mol. The molecule has 0 aliphatic heterocycles. The van der Waals surface area contributed by atoms with Crippen LogP contribution in [0.5, 0.6) is 0 Å². The highest BCUT2D eigenvalue weighted by Crippen LogP contribution is 2.58. The standard InChI is InChI=1S/C36H44F8P2/c37-27-25(28(38)32(42)35(31(27)41)45(21-13-5-1-6-14-21)22-15-7-2-8-16-22)26-29(39)33(43)36(34(44)30(26)40)46(23-17-9-3-10-18-23)24-19-11-4-12-20-24/h21-24H,1-20H2. The molecule has 0 nitrogen and oxygen atoms in total. The van der Waals surface area contributed by atoms with E-state index in [2.05, 4.69) is 0 Å². The van der Waals surface area contributed by atoms with Crippen molar-refractivity contribution in [3.8, 4) is 11.1 Å². The number of benzene rings is 2. The summed E-state index contributed by atoms with van der Waals surface area (Å²) < 4.78 is 128. The molecule has 10 heteroatoms. The minimum Gasteiger partial charge on any atom is -0.203 e. The maximum absolute atomic E-state index is 16.1. The van der Waals surface area contributed by atoms with E-state index in [1.165, 1.54) is 0 Å². The molecule has 2 aromatic rings. The van der Waals surface area contributed by atoms with Crippen LogP contribution in [0.2, 0.25) is 0 Å². The molecule has 4 aliphatic carbocycles. The van der Waals surface area contributed by atoms with Gasteiger partial charge in [0.05, 0.1) is 21.7 Å². The summed E-state index contributed by atoms with van der Waals surface area (Å²) in [5, 5.41) is -1.33. The van der Waals surface area contributed by atoms with Gasteiger partial charge in [0, 0.05) is 0 Å². The molecule has 0 radical (unpaired) electrons. The fourth-order valence-electron chi connectivity index (χ4n) is 8.90. The van der Waals surface area contributed by atoms with Crippen molar-refractivity contribution in [1.82, 2.24) is 0 Å². The lowest BCUT2D eigenvalue weighted by molar-refractivity contribution is 0.447. The summed E-state index contributed by atoms with van der Waals surface area (Å²) in [6.07, 6.45) is 16.3. The highest BCUT2D eigenvalue weighted by atomic mass is 31.1. The zero-order valence-electron chi connectivity index (χ0n) is 26.4. The number of hydrogen-bond acceptors (Lipinski definition) is 0. The first kappa shape index (κ1) is 34.6. The minimum atomic E-state index is -1.99. The van der Waals surface area contributed by atoms with E-state index in [9.17, 15) is 0 Å². The van der Waals surface area contributed by atoms with Gasteiger partial charge in [0.1, 0.15) is 0 Å². The molecule has 6 rings (SSSR count). The van der Waals surface area contributed by atoms with Crippen LogP contribution in [-0.4, -0.2) is 22.6 Å². The highest BCUT2D eigenvalue weighted by molar-refractivity contribution is 7.67. The molecule has 0 unspecified atom stereocenters. The van der Waals surface area contributed by atoms with Gasteiger partial charge in [0.25, 0.3) is 0 Å². The van der Waals surface area contributed by atoms with Gasteiger partial charge in [-0.3, -0.25) is 0 Å². The Morgan fingerprint density at radius 2 is 0.478 bits per heavy atom. The summed E-state index contributed by atoms with van der Waals surface area (Å²) in [6.45, 7) is 0. The molecule has 0 spiro atoms. The zero-order chi connectivity index (χ0) is 32.5. The van der Waals surface area contributed by atoms with Crippen LogP contribution >= 0.6 is 15.8 Å². The van der Waals surface area contributed by atoms with Gasteiger partial charge in [-0.2, -0.15) is 0 Å². The topological polar surface area (TPSA) is 0 Å². The molecule has 46 heavy (non-hydrogen) atoms. The number of rotatable bonds is 7. The predicted molar refractivity (Wildman–Crippen MR) is 172 cm³/mol. The third kappa shape index (κ3) is 6.54. The van der Waals surface area contributed by atoms with Crippen molar-refractivity contribution in [3.63, 3.8) is 0 Å².